The standard InChI is InChI=1S/C21H28B4F2N2O4S/c1-3-32-19-12(7-11(26)8-13(19)27)21(25)17(22)9-16(18(23)20(21)24)33-10-15-14(5-4-6-28-15)29-34(2,30)31/h7-8,14-18,20,28-29H,3-6,9-10H2,1-2H3/t14-,15-,16-,17-,18+,20+,21-/m0/s1. The summed E-state index contributed by atoms with van der Waals surface area (Å²) in [6.45, 7) is 2.69. The van der Waals surface area contributed by atoms with E-state index in [0.717, 1.165) is 25.3 Å². The van der Waals surface area contributed by atoms with E-state index in [1.807, 2.05) is 0 Å². The van der Waals surface area contributed by atoms with Gasteiger partial charge in [-0.1, -0.05) is 17.5 Å². The molecule has 0 aromatic heterocycles. The molecule has 178 valence electrons. The molecule has 0 unspecified atom stereocenters. The molecule has 2 aliphatic rings. The zero-order chi connectivity index (χ0) is 25.3. The summed E-state index contributed by atoms with van der Waals surface area (Å²) in [5.41, 5.74) is 0.0205. The Hall–Kier alpha value is -1.03. The van der Waals surface area contributed by atoms with Gasteiger partial charge in [0.25, 0.3) is 0 Å². The fourth-order valence-electron chi connectivity index (χ4n) is 4.90. The van der Waals surface area contributed by atoms with E-state index >= 15 is 0 Å². The maximum atomic E-state index is 14.5. The quantitative estimate of drug-likeness (QED) is 0.539. The minimum Gasteiger partial charge on any atom is -0.491 e. The van der Waals surface area contributed by atoms with Gasteiger partial charge in [-0.15, -0.1) is 0 Å². The van der Waals surface area contributed by atoms with Gasteiger partial charge in [-0.3, -0.25) is 0 Å². The van der Waals surface area contributed by atoms with Crippen molar-refractivity contribution in [2.24, 2.45) is 0 Å². The Balaban J connectivity index is 1.79. The smallest absolute Gasteiger partial charge is 0.209 e. The molecule has 6 nitrogen and oxygen atoms in total. The van der Waals surface area contributed by atoms with Crippen LogP contribution in [0.2, 0.25) is 17.5 Å². The molecule has 7 atom stereocenters. The van der Waals surface area contributed by atoms with Crippen LogP contribution in [0.15, 0.2) is 12.1 Å². The summed E-state index contributed by atoms with van der Waals surface area (Å²) in [7, 11) is 22.5. The number of nitrogens with one attached hydrogen (secondary N) is 2. The molecule has 8 radical (unpaired) electrons. The van der Waals surface area contributed by atoms with E-state index in [2.05, 4.69) is 10.0 Å². The zero-order valence-electron chi connectivity index (χ0n) is 19.5. The highest BCUT2D eigenvalue weighted by Gasteiger charge is 2.48. The van der Waals surface area contributed by atoms with Gasteiger partial charge < -0.3 is 14.8 Å². The Labute approximate surface area is 206 Å². The first-order valence-electron chi connectivity index (χ1n) is 11.4. The summed E-state index contributed by atoms with van der Waals surface area (Å²) in [5, 5.41) is 1.69. The van der Waals surface area contributed by atoms with E-state index in [0.29, 0.717) is 12.5 Å². The number of halogens is 2. The summed E-state index contributed by atoms with van der Waals surface area (Å²) < 4.78 is 66.2. The second-order valence-corrected chi connectivity index (χ2v) is 10.9. The van der Waals surface area contributed by atoms with Crippen molar-refractivity contribution >= 4 is 41.4 Å². The third-order valence-electron chi connectivity index (χ3n) is 6.70. The molecule has 34 heavy (non-hydrogen) atoms. The maximum Gasteiger partial charge on any atom is 0.209 e. The van der Waals surface area contributed by atoms with Crippen molar-refractivity contribution < 1.29 is 26.7 Å². The first kappa shape index (κ1) is 27.6. The van der Waals surface area contributed by atoms with Gasteiger partial charge in [-0.05, 0) is 49.7 Å². The molecule has 1 aromatic carbocycles. The van der Waals surface area contributed by atoms with E-state index < -0.39 is 50.5 Å². The summed E-state index contributed by atoms with van der Waals surface area (Å²) in [6, 6.07) is 1.19. The number of rotatable bonds is 8. The van der Waals surface area contributed by atoms with Gasteiger partial charge in [-0.2, -0.15) is 0 Å². The van der Waals surface area contributed by atoms with Crippen molar-refractivity contribution in [3.8, 4) is 5.75 Å². The molecule has 2 fully saturated rings. The lowest BCUT2D eigenvalue weighted by atomic mass is 9.34. The third-order valence-corrected chi connectivity index (χ3v) is 7.43. The first-order valence-corrected chi connectivity index (χ1v) is 13.3. The number of ether oxygens (including phenoxy) is 2. The average Bonchev–Trinajstić information content (AvgIpc) is 2.75. The minimum atomic E-state index is -3.39. The highest BCUT2D eigenvalue weighted by Crippen LogP contribution is 2.56. The van der Waals surface area contributed by atoms with Gasteiger partial charge in [-0.25, -0.2) is 21.9 Å². The molecule has 3 rings (SSSR count). The molecule has 0 bridgehead atoms. The second-order valence-electron chi connectivity index (χ2n) is 9.15. The van der Waals surface area contributed by atoms with Gasteiger partial charge in [0.2, 0.25) is 10.0 Å². The monoisotopic (exact) mass is 486 g/mol. The molecule has 0 amide bonds. The van der Waals surface area contributed by atoms with Crippen molar-refractivity contribution in [1.82, 2.24) is 10.0 Å². The third kappa shape index (κ3) is 5.85. The summed E-state index contributed by atoms with van der Waals surface area (Å²) >= 11 is 0. The molecule has 1 aliphatic heterocycles. The van der Waals surface area contributed by atoms with E-state index in [1.54, 1.807) is 6.92 Å². The lowest BCUT2D eigenvalue weighted by Crippen LogP contribution is -2.56. The Bertz CT molecular complexity index is 976. The minimum absolute atomic E-state index is 0.0205. The summed E-state index contributed by atoms with van der Waals surface area (Å²) in [4.78, 5) is 0. The lowest BCUT2D eigenvalue weighted by molar-refractivity contribution is 0.00348. The van der Waals surface area contributed by atoms with E-state index in [9.17, 15) is 17.2 Å². The van der Waals surface area contributed by atoms with Crippen molar-refractivity contribution in [3.05, 3.63) is 29.3 Å². The maximum absolute atomic E-state index is 14.5. The fraction of sp³-hybridized carbons (Fsp3) is 0.714. The van der Waals surface area contributed by atoms with Gasteiger partial charge >= 0.3 is 0 Å². The molecule has 0 spiro atoms. The van der Waals surface area contributed by atoms with Crippen LogP contribution >= 0.6 is 0 Å². The van der Waals surface area contributed by atoms with Gasteiger partial charge in [0.15, 0.2) is 11.6 Å². The number of hydrogen-bond donors (Lipinski definition) is 2. The van der Waals surface area contributed by atoms with Crippen molar-refractivity contribution in [2.75, 3.05) is 26.0 Å². The van der Waals surface area contributed by atoms with Crippen molar-refractivity contribution in [1.29, 1.82) is 0 Å². The number of benzene rings is 1. The Morgan fingerprint density at radius 1 is 1.26 bits per heavy atom. The molecule has 1 saturated heterocycles. The van der Waals surface area contributed by atoms with Crippen LogP contribution in [0.3, 0.4) is 0 Å². The number of piperidine rings is 1. The molecule has 1 heterocycles. The Morgan fingerprint density at radius 3 is 2.62 bits per heavy atom. The van der Waals surface area contributed by atoms with Crippen molar-refractivity contribution in [2.45, 2.75) is 67.1 Å². The molecular weight excluding hydrogens is 458 g/mol. The predicted octanol–water partition coefficient (Wildman–Crippen LogP) is 1.06. The van der Waals surface area contributed by atoms with Crippen molar-refractivity contribution in [3.63, 3.8) is 0 Å². The zero-order valence-corrected chi connectivity index (χ0v) is 20.3. The molecule has 13 heteroatoms. The molecule has 2 N–H and O–H groups in total. The summed E-state index contributed by atoms with van der Waals surface area (Å²) in [5.74, 6) is -4.61. The van der Waals surface area contributed by atoms with Crippen LogP contribution in [0, 0.1) is 11.6 Å². The van der Waals surface area contributed by atoms with Crippen LogP contribution in [0.5, 0.6) is 5.75 Å². The molecule has 1 aromatic rings. The number of hydrogen-bond acceptors (Lipinski definition) is 5. The molecule has 1 aliphatic carbocycles. The van der Waals surface area contributed by atoms with Crippen LogP contribution in [-0.4, -0.2) is 84.0 Å². The summed E-state index contributed by atoms with van der Waals surface area (Å²) in [6.07, 6.45) is 2.18. The second kappa shape index (κ2) is 10.9. The molecule has 1 saturated carbocycles. The topological polar surface area (TPSA) is 76.7 Å². The normalized spacial score (nSPS) is 34.6. The van der Waals surface area contributed by atoms with E-state index in [1.165, 1.54) is 0 Å². The van der Waals surface area contributed by atoms with Crippen LogP contribution in [0.1, 0.15) is 31.7 Å². The van der Waals surface area contributed by atoms with Crippen LogP contribution < -0.4 is 14.8 Å². The highest BCUT2D eigenvalue weighted by molar-refractivity contribution is 7.88. The van der Waals surface area contributed by atoms with Crippen LogP contribution in [0.25, 0.3) is 0 Å². The van der Waals surface area contributed by atoms with E-state index in [-0.39, 0.29) is 43.0 Å². The largest absolute Gasteiger partial charge is 0.491 e. The Kier molecular flexibility index (Phi) is 8.86. The average molecular weight is 486 g/mol. The number of sulfonamides is 1. The van der Waals surface area contributed by atoms with Gasteiger partial charge in [0.1, 0.15) is 5.82 Å². The predicted molar refractivity (Wildman–Crippen MR) is 131 cm³/mol. The van der Waals surface area contributed by atoms with Crippen LogP contribution in [-0.2, 0) is 20.1 Å². The van der Waals surface area contributed by atoms with Gasteiger partial charge in [0, 0.05) is 18.2 Å². The SMILES string of the molecule is [B][C@@H]1[C@@H](OC[C@@H]2NCCC[C@@H]2NS(C)(=O)=O)C[C@H]([B])[C@@]([B])(c2cc(F)cc(F)c2OCC)[C@@H]1[B]. The van der Waals surface area contributed by atoms with Crippen LogP contribution in [0.4, 0.5) is 8.78 Å². The lowest BCUT2D eigenvalue weighted by Gasteiger charge is -2.53. The van der Waals surface area contributed by atoms with E-state index in [4.69, 9.17) is 40.9 Å². The fourth-order valence-corrected chi connectivity index (χ4v) is 5.73. The molecular formula is C21H28B4F2N2O4S. The van der Waals surface area contributed by atoms with Gasteiger partial charge in [0.05, 0.1) is 57.0 Å². The highest BCUT2D eigenvalue weighted by atomic mass is 32.2. The first-order chi connectivity index (χ1) is 15.9. The Morgan fingerprint density at radius 2 is 1.97 bits per heavy atom.